The van der Waals surface area contributed by atoms with Crippen LogP contribution in [0.4, 0.5) is 0 Å². The van der Waals surface area contributed by atoms with Crippen LogP contribution in [0.15, 0.2) is 35.3 Å². The summed E-state index contributed by atoms with van der Waals surface area (Å²) in [5.41, 5.74) is 3.26. The van der Waals surface area contributed by atoms with E-state index in [1.54, 1.807) is 6.20 Å². The van der Waals surface area contributed by atoms with Crippen molar-refractivity contribution in [2.75, 3.05) is 0 Å². The predicted molar refractivity (Wildman–Crippen MR) is 55.9 cm³/mol. The first-order valence-electron chi connectivity index (χ1n) is 4.52. The summed E-state index contributed by atoms with van der Waals surface area (Å²) in [6.07, 6.45) is 1.64. The topological polar surface area (TPSA) is 37.8 Å². The number of benzene rings is 1. The summed E-state index contributed by atoms with van der Waals surface area (Å²) in [5.74, 6) is 0. The number of nitrogens with zero attached hydrogens (tertiary/aromatic N) is 1. The minimum atomic E-state index is -0.0340. The predicted octanol–water partition coefficient (Wildman–Crippen LogP) is 1.78. The molecule has 0 bridgehead atoms. The highest BCUT2D eigenvalue weighted by molar-refractivity contribution is 5.38. The van der Waals surface area contributed by atoms with E-state index in [0.717, 1.165) is 5.69 Å². The van der Waals surface area contributed by atoms with Crippen LogP contribution in [0, 0.1) is 13.8 Å². The van der Waals surface area contributed by atoms with Crippen LogP contribution in [0.3, 0.4) is 0 Å². The van der Waals surface area contributed by atoms with Crippen LogP contribution >= 0.6 is 0 Å². The number of rotatable bonds is 1. The zero-order valence-corrected chi connectivity index (χ0v) is 8.24. The van der Waals surface area contributed by atoms with E-state index in [1.807, 2.05) is 25.1 Å². The summed E-state index contributed by atoms with van der Waals surface area (Å²) in [6.45, 7) is 4.09. The van der Waals surface area contributed by atoms with Crippen molar-refractivity contribution in [3.8, 4) is 5.69 Å². The smallest absolute Gasteiger partial charge is 0.271 e. The SMILES string of the molecule is Cc1ccc(-n2[nH]ccc2=O)cc1C. The second-order valence-corrected chi connectivity index (χ2v) is 3.40. The Morgan fingerprint density at radius 3 is 2.50 bits per heavy atom. The van der Waals surface area contributed by atoms with Crippen molar-refractivity contribution in [3.63, 3.8) is 0 Å². The Balaban J connectivity index is 2.59. The van der Waals surface area contributed by atoms with Gasteiger partial charge >= 0.3 is 0 Å². The monoisotopic (exact) mass is 188 g/mol. The molecule has 0 radical (unpaired) electrons. The normalized spacial score (nSPS) is 10.4. The van der Waals surface area contributed by atoms with E-state index in [-0.39, 0.29) is 5.56 Å². The van der Waals surface area contributed by atoms with Crippen LogP contribution in [0.2, 0.25) is 0 Å². The molecule has 72 valence electrons. The Labute approximate surface area is 82.0 Å². The quantitative estimate of drug-likeness (QED) is 0.727. The van der Waals surface area contributed by atoms with Gasteiger partial charge in [-0.3, -0.25) is 9.89 Å². The molecule has 0 amide bonds. The molecule has 3 heteroatoms. The van der Waals surface area contributed by atoms with Crippen molar-refractivity contribution in [2.24, 2.45) is 0 Å². The molecule has 1 heterocycles. The average Bonchev–Trinajstić information content (AvgIpc) is 2.57. The van der Waals surface area contributed by atoms with E-state index in [1.165, 1.54) is 21.9 Å². The third-order valence-electron chi connectivity index (χ3n) is 2.40. The first kappa shape index (κ1) is 8.81. The van der Waals surface area contributed by atoms with Crippen molar-refractivity contribution < 1.29 is 0 Å². The number of H-pyrrole nitrogens is 1. The summed E-state index contributed by atoms with van der Waals surface area (Å²) >= 11 is 0. The van der Waals surface area contributed by atoms with Gasteiger partial charge < -0.3 is 0 Å². The molecule has 2 aromatic rings. The summed E-state index contributed by atoms with van der Waals surface area (Å²) in [6, 6.07) is 7.45. The van der Waals surface area contributed by atoms with Gasteiger partial charge in [-0.1, -0.05) is 6.07 Å². The highest BCUT2D eigenvalue weighted by atomic mass is 16.1. The summed E-state index contributed by atoms with van der Waals surface area (Å²) < 4.78 is 1.52. The Hall–Kier alpha value is -1.77. The zero-order chi connectivity index (χ0) is 10.1. The molecule has 1 aromatic heterocycles. The molecule has 0 saturated carbocycles. The number of aromatic nitrogens is 2. The molecular weight excluding hydrogens is 176 g/mol. The molecule has 0 unspecified atom stereocenters. The fourth-order valence-electron chi connectivity index (χ4n) is 1.39. The van der Waals surface area contributed by atoms with Crippen molar-refractivity contribution in [3.05, 3.63) is 51.9 Å². The van der Waals surface area contributed by atoms with Crippen LogP contribution in [0.25, 0.3) is 5.69 Å². The first-order valence-corrected chi connectivity index (χ1v) is 4.52. The third kappa shape index (κ3) is 1.37. The van der Waals surface area contributed by atoms with E-state index < -0.39 is 0 Å². The van der Waals surface area contributed by atoms with E-state index in [2.05, 4.69) is 12.0 Å². The van der Waals surface area contributed by atoms with Gasteiger partial charge in [-0.25, -0.2) is 4.68 Å². The lowest BCUT2D eigenvalue weighted by molar-refractivity contribution is 0.847. The van der Waals surface area contributed by atoms with E-state index in [9.17, 15) is 4.79 Å². The number of hydrogen-bond donors (Lipinski definition) is 1. The molecule has 0 aliphatic rings. The Morgan fingerprint density at radius 2 is 1.93 bits per heavy atom. The van der Waals surface area contributed by atoms with Crippen LogP contribution < -0.4 is 5.56 Å². The molecule has 0 spiro atoms. The summed E-state index contributed by atoms with van der Waals surface area (Å²) in [4.78, 5) is 11.3. The molecule has 0 aliphatic heterocycles. The zero-order valence-electron chi connectivity index (χ0n) is 8.24. The second kappa shape index (κ2) is 3.18. The highest BCUT2D eigenvalue weighted by Crippen LogP contribution is 2.11. The van der Waals surface area contributed by atoms with E-state index in [4.69, 9.17) is 0 Å². The lowest BCUT2D eigenvalue weighted by Gasteiger charge is -2.04. The van der Waals surface area contributed by atoms with Crippen molar-refractivity contribution >= 4 is 0 Å². The van der Waals surface area contributed by atoms with Crippen LogP contribution in [0.1, 0.15) is 11.1 Å². The number of aromatic amines is 1. The molecule has 0 atom stereocenters. The van der Waals surface area contributed by atoms with Crippen molar-refractivity contribution in [2.45, 2.75) is 13.8 Å². The van der Waals surface area contributed by atoms with Crippen LogP contribution in [-0.2, 0) is 0 Å². The minimum absolute atomic E-state index is 0.0340. The third-order valence-corrected chi connectivity index (χ3v) is 2.40. The maximum atomic E-state index is 11.3. The second-order valence-electron chi connectivity index (χ2n) is 3.40. The van der Waals surface area contributed by atoms with Gasteiger partial charge in [0.25, 0.3) is 5.56 Å². The fourth-order valence-corrected chi connectivity index (χ4v) is 1.39. The van der Waals surface area contributed by atoms with E-state index >= 15 is 0 Å². The minimum Gasteiger partial charge on any atom is -0.298 e. The van der Waals surface area contributed by atoms with Crippen molar-refractivity contribution in [1.29, 1.82) is 0 Å². The molecule has 2 rings (SSSR count). The van der Waals surface area contributed by atoms with Gasteiger partial charge in [0.05, 0.1) is 5.69 Å². The lowest BCUT2D eigenvalue weighted by Crippen LogP contribution is -2.13. The maximum Gasteiger partial charge on any atom is 0.271 e. The maximum absolute atomic E-state index is 11.3. The Kier molecular flexibility index (Phi) is 2.00. The van der Waals surface area contributed by atoms with Gasteiger partial charge in [0, 0.05) is 12.3 Å². The number of aryl methyl sites for hydroxylation is 2. The molecule has 0 aliphatic carbocycles. The Bertz CT molecular complexity index is 508. The highest BCUT2D eigenvalue weighted by Gasteiger charge is 2.00. The van der Waals surface area contributed by atoms with Gasteiger partial charge in [-0.2, -0.15) is 0 Å². The molecule has 14 heavy (non-hydrogen) atoms. The lowest BCUT2D eigenvalue weighted by atomic mass is 10.1. The summed E-state index contributed by atoms with van der Waals surface area (Å²) in [7, 11) is 0. The first-order chi connectivity index (χ1) is 6.68. The molecule has 3 nitrogen and oxygen atoms in total. The number of hydrogen-bond acceptors (Lipinski definition) is 1. The largest absolute Gasteiger partial charge is 0.298 e. The molecular formula is C11H12N2O. The summed E-state index contributed by atoms with van der Waals surface area (Å²) in [5, 5.41) is 2.87. The molecule has 1 aromatic carbocycles. The number of nitrogens with one attached hydrogen (secondary N) is 1. The average molecular weight is 188 g/mol. The van der Waals surface area contributed by atoms with Gasteiger partial charge in [0.15, 0.2) is 0 Å². The molecule has 1 N–H and O–H groups in total. The van der Waals surface area contributed by atoms with Gasteiger partial charge in [-0.15, -0.1) is 0 Å². The molecule has 0 fully saturated rings. The van der Waals surface area contributed by atoms with Crippen molar-refractivity contribution in [1.82, 2.24) is 9.78 Å². The van der Waals surface area contributed by atoms with Gasteiger partial charge in [-0.05, 0) is 37.1 Å². The van der Waals surface area contributed by atoms with Gasteiger partial charge in [0.2, 0.25) is 0 Å². The van der Waals surface area contributed by atoms with Gasteiger partial charge in [0.1, 0.15) is 0 Å². The van der Waals surface area contributed by atoms with Crippen LogP contribution in [-0.4, -0.2) is 9.78 Å². The fraction of sp³-hybridized carbons (Fsp3) is 0.182. The van der Waals surface area contributed by atoms with Crippen LogP contribution in [0.5, 0.6) is 0 Å². The Morgan fingerprint density at radius 1 is 1.14 bits per heavy atom. The van der Waals surface area contributed by atoms with E-state index in [0.29, 0.717) is 0 Å². The molecule has 0 saturated heterocycles. The standard InChI is InChI=1S/C11H12N2O/c1-8-3-4-10(7-9(8)2)13-11(14)5-6-12-13/h3-7,12H,1-2H3.